The maximum Gasteiger partial charge on any atom is 0.251 e. The Kier molecular flexibility index (Phi) is 7.83. The van der Waals surface area contributed by atoms with Crippen LogP contribution in [0, 0.1) is 0 Å². The summed E-state index contributed by atoms with van der Waals surface area (Å²) in [5.41, 5.74) is 4.93. The molecule has 1 amide bonds. The number of aromatic nitrogens is 3. The molecule has 4 aromatic rings. The highest BCUT2D eigenvalue weighted by Crippen LogP contribution is 2.28. The van der Waals surface area contributed by atoms with Crippen molar-refractivity contribution in [1.82, 2.24) is 24.8 Å². The molecule has 1 saturated heterocycles. The fraction of sp³-hybridized carbons (Fsp3) is 0.321. The molecule has 8 heteroatoms. The number of amides is 1. The number of hydrogen-bond acceptors (Lipinski definition) is 6. The summed E-state index contributed by atoms with van der Waals surface area (Å²) in [4.78, 5) is 24.2. The fourth-order valence-corrected chi connectivity index (χ4v) is 5.43. The second-order valence-corrected chi connectivity index (χ2v) is 9.93. The van der Waals surface area contributed by atoms with E-state index >= 15 is 0 Å². The van der Waals surface area contributed by atoms with Crippen molar-refractivity contribution in [3.8, 4) is 5.75 Å². The van der Waals surface area contributed by atoms with Crippen LogP contribution < -0.4 is 10.1 Å². The molecule has 0 unspecified atom stereocenters. The number of benzene rings is 2. The standard InChI is InChI=1S/C28H31N5O2S/c1-35-24-10-6-22(7-11-24)20-36-28-31-25-12-13-29-18-26(25)33(28)19-21-4-8-23(9-5-21)27(34)30-14-17-32-15-2-3-16-32/h4-13,18H,2-3,14-17,19-20H2,1H3,(H,30,34). The number of thioether (sulfide) groups is 1. The predicted octanol–water partition coefficient (Wildman–Crippen LogP) is 4.61. The number of hydrogen-bond donors (Lipinski definition) is 1. The monoisotopic (exact) mass is 501 g/mol. The van der Waals surface area contributed by atoms with Crippen molar-refractivity contribution < 1.29 is 9.53 Å². The van der Waals surface area contributed by atoms with Gasteiger partial charge in [-0.2, -0.15) is 0 Å². The Morgan fingerprint density at radius 2 is 1.78 bits per heavy atom. The van der Waals surface area contributed by atoms with Gasteiger partial charge in [0.25, 0.3) is 5.91 Å². The number of likely N-dealkylation sites (tertiary alicyclic amines) is 1. The first-order valence-electron chi connectivity index (χ1n) is 12.3. The van der Waals surface area contributed by atoms with Crippen LogP contribution in [0.2, 0.25) is 0 Å². The van der Waals surface area contributed by atoms with E-state index in [1.165, 1.54) is 18.4 Å². The first kappa shape index (κ1) is 24.3. The zero-order valence-corrected chi connectivity index (χ0v) is 21.3. The number of imidazole rings is 1. The smallest absolute Gasteiger partial charge is 0.251 e. The van der Waals surface area contributed by atoms with Gasteiger partial charge >= 0.3 is 0 Å². The third kappa shape index (κ3) is 5.88. The molecule has 1 aliphatic heterocycles. The van der Waals surface area contributed by atoms with Crippen LogP contribution in [-0.2, 0) is 12.3 Å². The van der Waals surface area contributed by atoms with Gasteiger partial charge in [-0.15, -0.1) is 0 Å². The molecule has 186 valence electrons. The van der Waals surface area contributed by atoms with Crippen LogP contribution in [0.5, 0.6) is 5.75 Å². The van der Waals surface area contributed by atoms with Crippen molar-refractivity contribution >= 4 is 28.7 Å². The molecule has 0 radical (unpaired) electrons. The lowest BCUT2D eigenvalue weighted by molar-refractivity contribution is 0.0949. The third-order valence-corrected chi connectivity index (χ3v) is 7.56. The molecule has 0 atom stereocenters. The lowest BCUT2D eigenvalue weighted by Crippen LogP contribution is -2.33. The van der Waals surface area contributed by atoms with Gasteiger partial charge in [-0.3, -0.25) is 9.78 Å². The number of nitrogens with zero attached hydrogens (tertiary/aromatic N) is 4. The molecule has 1 fully saturated rings. The van der Waals surface area contributed by atoms with Crippen LogP contribution in [0.3, 0.4) is 0 Å². The zero-order valence-electron chi connectivity index (χ0n) is 20.5. The highest BCUT2D eigenvalue weighted by Gasteiger charge is 2.14. The van der Waals surface area contributed by atoms with Crippen LogP contribution in [-0.4, -0.2) is 58.6 Å². The number of pyridine rings is 1. The fourth-order valence-electron chi connectivity index (χ4n) is 4.46. The summed E-state index contributed by atoms with van der Waals surface area (Å²) in [5.74, 6) is 1.64. The van der Waals surface area contributed by atoms with Gasteiger partial charge in [-0.1, -0.05) is 36.0 Å². The van der Waals surface area contributed by atoms with E-state index < -0.39 is 0 Å². The summed E-state index contributed by atoms with van der Waals surface area (Å²) >= 11 is 1.70. The molecule has 2 aromatic carbocycles. The summed E-state index contributed by atoms with van der Waals surface area (Å²) in [5, 5.41) is 3.99. The first-order chi connectivity index (χ1) is 17.7. The molecule has 1 aliphatic rings. The molecule has 0 spiro atoms. The van der Waals surface area contributed by atoms with Crippen molar-refractivity contribution in [2.75, 3.05) is 33.3 Å². The molecule has 36 heavy (non-hydrogen) atoms. The Morgan fingerprint density at radius 3 is 2.53 bits per heavy atom. The number of carbonyl (C=O) groups excluding carboxylic acids is 1. The van der Waals surface area contributed by atoms with E-state index in [1.54, 1.807) is 25.1 Å². The van der Waals surface area contributed by atoms with E-state index in [0.29, 0.717) is 18.7 Å². The van der Waals surface area contributed by atoms with Crippen LogP contribution in [0.4, 0.5) is 0 Å². The van der Waals surface area contributed by atoms with Gasteiger partial charge in [-0.25, -0.2) is 4.98 Å². The van der Waals surface area contributed by atoms with Gasteiger partial charge in [0.2, 0.25) is 0 Å². The van der Waals surface area contributed by atoms with Crippen LogP contribution >= 0.6 is 11.8 Å². The van der Waals surface area contributed by atoms with E-state index in [0.717, 1.165) is 52.9 Å². The highest BCUT2D eigenvalue weighted by atomic mass is 32.2. The average Bonchev–Trinajstić information content (AvgIpc) is 3.56. The van der Waals surface area contributed by atoms with Crippen molar-refractivity contribution in [3.63, 3.8) is 0 Å². The van der Waals surface area contributed by atoms with Crippen LogP contribution in [0.25, 0.3) is 11.0 Å². The Bertz CT molecular complexity index is 1300. The number of carbonyl (C=O) groups is 1. The summed E-state index contributed by atoms with van der Waals surface area (Å²) in [6.07, 6.45) is 6.16. The molecule has 0 aliphatic carbocycles. The number of ether oxygens (including phenoxy) is 1. The summed E-state index contributed by atoms with van der Waals surface area (Å²) in [6, 6.07) is 17.9. The van der Waals surface area contributed by atoms with Gasteiger partial charge in [0.15, 0.2) is 5.16 Å². The topological polar surface area (TPSA) is 72.3 Å². The van der Waals surface area contributed by atoms with Crippen molar-refractivity contribution in [3.05, 3.63) is 83.7 Å². The molecule has 1 N–H and O–H groups in total. The molecular formula is C28H31N5O2S. The average molecular weight is 502 g/mol. The van der Waals surface area contributed by atoms with Crippen LogP contribution in [0.15, 0.2) is 72.1 Å². The largest absolute Gasteiger partial charge is 0.497 e. The van der Waals surface area contributed by atoms with E-state index in [9.17, 15) is 4.79 Å². The zero-order chi connectivity index (χ0) is 24.7. The van der Waals surface area contributed by atoms with Gasteiger partial charge in [0.05, 0.1) is 30.9 Å². The van der Waals surface area contributed by atoms with Crippen molar-refractivity contribution in [1.29, 1.82) is 0 Å². The highest BCUT2D eigenvalue weighted by molar-refractivity contribution is 7.98. The van der Waals surface area contributed by atoms with Gasteiger partial charge < -0.3 is 19.5 Å². The minimum atomic E-state index is -0.0197. The van der Waals surface area contributed by atoms with E-state index in [2.05, 4.69) is 31.9 Å². The Balaban J connectivity index is 1.25. The van der Waals surface area contributed by atoms with E-state index in [-0.39, 0.29) is 5.91 Å². The molecular weight excluding hydrogens is 470 g/mol. The molecule has 5 rings (SSSR count). The van der Waals surface area contributed by atoms with Crippen molar-refractivity contribution in [2.45, 2.75) is 30.3 Å². The summed E-state index contributed by atoms with van der Waals surface area (Å²) < 4.78 is 7.46. The minimum Gasteiger partial charge on any atom is -0.497 e. The predicted molar refractivity (Wildman–Crippen MR) is 144 cm³/mol. The lowest BCUT2D eigenvalue weighted by atomic mass is 10.1. The lowest BCUT2D eigenvalue weighted by Gasteiger charge is -2.14. The second kappa shape index (κ2) is 11.6. The number of fused-ring (bicyclic) bond motifs is 1. The maximum absolute atomic E-state index is 12.6. The van der Waals surface area contributed by atoms with Crippen LogP contribution in [0.1, 0.15) is 34.3 Å². The molecule has 3 heterocycles. The quantitative estimate of drug-likeness (QED) is 0.320. The van der Waals surface area contributed by atoms with E-state index in [4.69, 9.17) is 9.72 Å². The third-order valence-electron chi connectivity index (χ3n) is 6.51. The van der Waals surface area contributed by atoms with Gasteiger partial charge in [-0.05, 0) is 67.4 Å². The Hall–Kier alpha value is -3.36. The van der Waals surface area contributed by atoms with E-state index in [1.807, 2.05) is 48.7 Å². The summed E-state index contributed by atoms with van der Waals surface area (Å²) in [7, 11) is 1.68. The molecule has 2 aromatic heterocycles. The number of methoxy groups -OCH3 is 1. The minimum absolute atomic E-state index is 0.0197. The number of rotatable bonds is 10. The first-order valence-corrected chi connectivity index (χ1v) is 13.3. The Labute approximate surface area is 215 Å². The molecule has 0 saturated carbocycles. The SMILES string of the molecule is COc1ccc(CSc2nc3ccncc3n2Cc2ccc(C(=O)NCCN3CCCC3)cc2)cc1. The number of nitrogens with one attached hydrogen (secondary N) is 1. The maximum atomic E-state index is 12.6. The van der Waals surface area contributed by atoms with Gasteiger partial charge in [0, 0.05) is 30.6 Å². The van der Waals surface area contributed by atoms with Gasteiger partial charge in [0.1, 0.15) is 5.75 Å². The molecule has 7 nitrogen and oxygen atoms in total. The normalized spacial score (nSPS) is 13.8. The summed E-state index contributed by atoms with van der Waals surface area (Å²) in [6.45, 7) is 4.54. The Morgan fingerprint density at radius 1 is 1.03 bits per heavy atom. The second-order valence-electron chi connectivity index (χ2n) is 8.98. The molecule has 0 bridgehead atoms. The van der Waals surface area contributed by atoms with Crippen molar-refractivity contribution in [2.24, 2.45) is 0 Å².